The molecular weight excluding hydrogens is 587 g/mol. The van der Waals surface area contributed by atoms with Crippen LogP contribution in [0.5, 0.6) is 11.5 Å². The SMILES string of the molecule is C.CCOC(=O)C(C)c1ccc(O)c(N)c1.CCOC(=O)C(C)c1ccc(O)c(NC(=O)CCl)c1.O=C(Cl)CCl. The van der Waals surface area contributed by atoms with Gasteiger partial charge in [0, 0.05) is 0 Å². The minimum Gasteiger partial charge on any atom is -0.506 e. The molecule has 0 aliphatic heterocycles. The zero-order valence-corrected chi connectivity index (χ0v) is 24.3. The van der Waals surface area contributed by atoms with Crippen LogP contribution in [0.4, 0.5) is 11.4 Å². The summed E-state index contributed by atoms with van der Waals surface area (Å²) in [6.07, 6.45) is 0. The second-order valence-corrected chi connectivity index (χ2v) is 8.67. The molecule has 40 heavy (non-hydrogen) atoms. The average Bonchev–Trinajstić information content (AvgIpc) is 2.91. The lowest BCUT2D eigenvalue weighted by Crippen LogP contribution is -2.15. The Labute approximate surface area is 249 Å². The molecule has 13 heteroatoms. The van der Waals surface area contributed by atoms with Crippen LogP contribution in [0.1, 0.15) is 58.1 Å². The third-order valence-corrected chi connectivity index (χ3v) is 5.61. The van der Waals surface area contributed by atoms with E-state index in [2.05, 4.69) is 5.32 Å². The van der Waals surface area contributed by atoms with Crippen LogP contribution in [-0.2, 0) is 28.7 Å². The average molecular weight is 624 g/mol. The molecule has 0 aliphatic carbocycles. The number of nitrogens with two attached hydrogens (primary N) is 1. The van der Waals surface area contributed by atoms with Gasteiger partial charge in [0.05, 0.1) is 42.3 Å². The molecule has 0 spiro atoms. The van der Waals surface area contributed by atoms with Gasteiger partial charge in [0.25, 0.3) is 0 Å². The van der Waals surface area contributed by atoms with Crippen molar-refractivity contribution in [2.45, 2.75) is 47.0 Å². The predicted octanol–water partition coefficient (Wildman–Crippen LogP) is 5.50. The van der Waals surface area contributed by atoms with E-state index in [0.717, 1.165) is 5.56 Å². The molecule has 0 fully saturated rings. The maximum Gasteiger partial charge on any atom is 0.313 e. The van der Waals surface area contributed by atoms with Gasteiger partial charge in [-0.1, -0.05) is 19.6 Å². The fourth-order valence-electron chi connectivity index (χ4n) is 2.76. The number of nitrogen functional groups attached to an aromatic ring is 1. The van der Waals surface area contributed by atoms with E-state index in [0.29, 0.717) is 18.8 Å². The molecule has 0 aromatic heterocycles. The highest BCUT2D eigenvalue weighted by atomic mass is 35.5. The summed E-state index contributed by atoms with van der Waals surface area (Å²) in [5, 5.41) is 20.8. The van der Waals surface area contributed by atoms with Gasteiger partial charge in [-0.25, -0.2) is 0 Å². The van der Waals surface area contributed by atoms with Crippen molar-refractivity contribution in [3.63, 3.8) is 0 Å². The maximum absolute atomic E-state index is 11.6. The van der Waals surface area contributed by atoms with E-state index in [1.807, 2.05) is 0 Å². The Morgan fingerprint density at radius 3 is 1.65 bits per heavy atom. The van der Waals surface area contributed by atoms with Crippen LogP contribution in [0.25, 0.3) is 0 Å². The van der Waals surface area contributed by atoms with Crippen LogP contribution < -0.4 is 11.1 Å². The van der Waals surface area contributed by atoms with Crippen molar-refractivity contribution in [1.82, 2.24) is 0 Å². The summed E-state index contributed by atoms with van der Waals surface area (Å²) in [5.41, 5.74) is 7.40. The molecule has 2 aromatic rings. The van der Waals surface area contributed by atoms with Crippen LogP contribution in [0.3, 0.4) is 0 Å². The van der Waals surface area contributed by atoms with E-state index in [4.69, 9.17) is 50.0 Å². The molecule has 224 valence electrons. The highest BCUT2D eigenvalue weighted by Gasteiger charge is 2.18. The first-order valence-electron chi connectivity index (χ1n) is 11.7. The first-order valence-corrected chi connectivity index (χ1v) is 13.1. The first kappa shape index (κ1) is 38.9. The normalized spacial score (nSPS) is 11.1. The standard InChI is InChI=1S/C13H16ClNO4.C11H15NO3.C2H2Cl2O.CH4/c1-3-19-13(18)8(2)9-4-5-11(16)10(6-9)15-12(17)7-14;1-3-15-11(14)7(2)8-4-5-10(13)9(12)6-8;3-1-2(4)5;/h4-6,8,16H,3,7H2,1-2H3,(H,15,17);4-7,13H,3,12H2,1-2H3;1H2;1H4. The molecule has 0 saturated heterocycles. The monoisotopic (exact) mass is 622 g/mol. The largest absolute Gasteiger partial charge is 0.506 e. The summed E-state index contributed by atoms with van der Waals surface area (Å²) in [4.78, 5) is 43.7. The number of aromatic hydroxyl groups is 2. The Morgan fingerprint density at radius 2 is 1.27 bits per heavy atom. The lowest BCUT2D eigenvalue weighted by atomic mass is 10.0. The molecular formula is C27H37Cl3N2O8. The Bertz CT molecular complexity index is 1120. The Hall–Kier alpha value is -3.21. The summed E-state index contributed by atoms with van der Waals surface area (Å²) < 4.78 is 9.81. The molecule has 0 bridgehead atoms. The number of nitrogens with one attached hydrogen (secondary N) is 1. The number of hydrogen-bond donors (Lipinski definition) is 4. The number of alkyl halides is 2. The lowest BCUT2D eigenvalue weighted by molar-refractivity contribution is -0.145. The van der Waals surface area contributed by atoms with E-state index in [-0.39, 0.29) is 59.9 Å². The molecule has 0 saturated carbocycles. The predicted molar refractivity (Wildman–Crippen MR) is 158 cm³/mol. The van der Waals surface area contributed by atoms with Crippen molar-refractivity contribution < 1.29 is 38.9 Å². The number of hydrogen-bond acceptors (Lipinski definition) is 9. The van der Waals surface area contributed by atoms with E-state index in [9.17, 15) is 29.4 Å². The smallest absolute Gasteiger partial charge is 0.313 e. The van der Waals surface area contributed by atoms with Crippen LogP contribution in [0.2, 0.25) is 0 Å². The van der Waals surface area contributed by atoms with Crippen LogP contribution in [0.15, 0.2) is 36.4 Å². The van der Waals surface area contributed by atoms with Gasteiger partial charge in [0.1, 0.15) is 17.4 Å². The molecule has 2 unspecified atom stereocenters. The number of halogens is 3. The van der Waals surface area contributed by atoms with Crippen LogP contribution in [-0.4, -0.2) is 58.3 Å². The quantitative estimate of drug-likeness (QED) is 0.0927. The summed E-state index contributed by atoms with van der Waals surface area (Å²) >= 11 is 14.9. The zero-order valence-electron chi connectivity index (χ0n) is 22.0. The summed E-state index contributed by atoms with van der Waals surface area (Å²) in [6, 6.07) is 9.26. The fourth-order valence-corrected chi connectivity index (χ4v) is 2.82. The van der Waals surface area contributed by atoms with Gasteiger partial charge in [-0.05, 0) is 74.7 Å². The number of anilines is 2. The highest BCUT2D eigenvalue weighted by molar-refractivity contribution is 6.67. The van der Waals surface area contributed by atoms with Gasteiger partial charge in [-0.3, -0.25) is 19.2 Å². The van der Waals surface area contributed by atoms with Crippen molar-refractivity contribution in [3.8, 4) is 11.5 Å². The van der Waals surface area contributed by atoms with E-state index >= 15 is 0 Å². The number of carbonyl (C=O) groups is 4. The third kappa shape index (κ3) is 14.3. The second kappa shape index (κ2) is 20.7. The summed E-state index contributed by atoms with van der Waals surface area (Å²) in [6.45, 7) is 7.58. The van der Waals surface area contributed by atoms with E-state index in [1.54, 1.807) is 45.9 Å². The Kier molecular flexibility index (Phi) is 20.1. The molecule has 2 atom stereocenters. The number of esters is 2. The molecule has 0 heterocycles. The fraction of sp³-hybridized carbons (Fsp3) is 0.407. The number of phenols is 2. The van der Waals surface area contributed by atoms with E-state index in [1.165, 1.54) is 18.2 Å². The van der Waals surface area contributed by atoms with Gasteiger partial charge in [0.2, 0.25) is 11.1 Å². The van der Waals surface area contributed by atoms with Gasteiger partial charge in [-0.2, -0.15) is 0 Å². The van der Waals surface area contributed by atoms with Gasteiger partial charge in [0.15, 0.2) is 0 Å². The number of benzene rings is 2. The molecule has 2 rings (SSSR count). The number of ether oxygens (including phenoxy) is 2. The number of phenolic OH excluding ortho intramolecular Hbond substituents is 2. The molecule has 10 nitrogen and oxygen atoms in total. The minimum absolute atomic E-state index is 0. The second-order valence-electron chi connectivity index (χ2n) is 7.71. The first-order chi connectivity index (χ1) is 18.3. The van der Waals surface area contributed by atoms with Crippen molar-refractivity contribution in [2.75, 3.05) is 36.0 Å². The number of rotatable bonds is 9. The van der Waals surface area contributed by atoms with E-state index < -0.39 is 17.1 Å². The van der Waals surface area contributed by atoms with Crippen molar-refractivity contribution in [3.05, 3.63) is 47.5 Å². The van der Waals surface area contributed by atoms with Gasteiger partial charge in [-0.15, -0.1) is 23.2 Å². The zero-order chi connectivity index (χ0) is 30.1. The molecule has 0 aliphatic rings. The van der Waals surface area contributed by atoms with Crippen molar-refractivity contribution >= 4 is 69.3 Å². The van der Waals surface area contributed by atoms with Crippen LogP contribution in [0, 0.1) is 0 Å². The summed E-state index contributed by atoms with van der Waals surface area (Å²) in [5.74, 6) is -2.30. The molecule has 1 amide bonds. The molecule has 0 radical (unpaired) electrons. The minimum atomic E-state index is -0.508. The molecule has 2 aromatic carbocycles. The topological polar surface area (TPSA) is 165 Å². The van der Waals surface area contributed by atoms with Crippen molar-refractivity contribution in [1.29, 1.82) is 0 Å². The van der Waals surface area contributed by atoms with Crippen LogP contribution >= 0.6 is 34.8 Å². The maximum atomic E-state index is 11.6. The number of amides is 1. The highest BCUT2D eigenvalue weighted by Crippen LogP contribution is 2.28. The number of carbonyl (C=O) groups excluding carboxylic acids is 4. The Morgan fingerprint density at radius 1 is 0.850 bits per heavy atom. The van der Waals surface area contributed by atoms with Crippen molar-refractivity contribution in [2.24, 2.45) is 0 Å². The third-order valence-electron chi connectivity index (χ3n) is 4.85. The lowest BCUT2D eigenvalue weighted by Gasteiger charge is -2.13. The van der Waals surface area contributed by atoms with Gasteiger partial charge >= 0.3 is 11.9 Å². The van der Waals surface area contributed by atoms with Gasteiger partial charge < -0.3 is 30.7 Å². The summed E-state index contributed by atoms with van der Waals surface area (Å²) in [7, 11) is 0. The Balaban J connectivity index is 0. The molecule has 5 N–H and O–H groups in total.